The Balaban J connectivity index is 1.52. The molecule has 5 heteroatoms. The summed E-state index contributed by atoms with van der Waals surface area (Å²) in [6.07, 6.45) is 1.61. The monoisotopic (exact) mass is 397 g/mol. The first-order valence-electron chi connectivity index (χ1n) is 9.51. The summed E-state index contributed by atoms with van der Waals surface area (Å²) < 4.78 is 5.25. The van der Waals surface area contributed by atoms with Crippen molar-refractivity contribution in [1.82, 2.24) is 4.98 Å². The number of rotatable bonds is 6. The third kappa shape index (κ3) is 3.78. The molecule has 0 spiro atoms. The second-order valence-corrected chi connectivity index (χ2v) is 6.99. The van der Waals surface area contributed by atoms with E-state index in [0.717, 1.165) is 16.5 Å². The fraction of sp³-hybridized carbons (Fsp3) is 0.0800. The van der Waals surface area contributed by atoms with Crippen molar-refractivity contribution in [3.63, 3.8) is 0 Å². The Morgan fingerprint density at radius 3 is 2.23 bits per heavy atom. The molecule has 4 rings (SSSR count). The zero-order chi connectivity index (χ0) is 21.1. The minimum atomic E-state index is -0.709. The Morgan fingerprint density at radius 2 is 1.47 bits per heavy atom. The minimum absolute atomic E-state index is 0.134. The van der Waals surface area contributed by atoms with Gasteiger partial charge >= 0.3 is 5.97 Å². The predicted molar refractivity (Wildman–Crippen MR) is 114 cm³/mol. The molecule has 0 aliphatic heterocycles. The number of benzene rings is 3. The van der Waals surface area contributed by atoms with Crippen LogP contribution in [0, 0.1) is 6.92 Å². The topological polar surface area (TPSA) is 76.2 Å². The van der Waals surface area contributed by atoms with Gasteiger partial charge < -0.3 is 9.72 Å². The molecular formula is C25H19NO4. The molecule has 0 fully saturated rings. The lowest BCUT2D eigenvalue weighted by Crippen LogP contribution is -2.17. The molecule has 0 bridgehead atoms. The smallest absolute Gasteiger partial charge is 0.339 e. The van der Waals surface area contributed by atoms with Crippen LogP contribution < -0.4 is 0 Å². The van der Waals surface area contributed by atoms with Crippen molar-refractivity contribution in [3.05, 3.63) is 107 Å². The molecule has 0 aliphatic rings. The van der Waals surface area contributed by atoms with Crippen molar-refractivity contribution in [2.45, 2.75) is 6.92 Å². The van der Waals surface area contributed by atoms with Gasteiger partial charge in [0.05, 0.1) is 5.56 Å². The first-order valence-corrected chi connectivity index (χ1v) is 9.51. The highest BCUT2D eigenvalue weighted by Gasteiger charge is 2.21. The Bertz CT molecular complexity index is 1250. The summed E-state index contributed by atoms with van der Waals surface area (Å²) in [5.41, 5.74) is 3.19. The highest BCUT2D eigenvalue weighted by atomic mass is 16.5. The number of esters is 1. The van der Waals surface area contributed by atoms with E-state index >= 15 is 0 Å². The van der Waals surface area contributed by atoms with Crippen LogP contribution in [0.3, 0.4) is 0 Å². The molecule has 1 N–H and O–H groups in total. The molecule has 1 aromatic heterocycles. The molecular weight excluding hydrogens is 378 g/mol. The lowest BCUT2D eigenvalue weighted by atomic mass is 9.98. The molecule has 148 valence electrons. The minimum Gasteiger partial charge on any atom is -0.454 e. The van der Waals surface area contributed by atoms with E-state index in [9.17, 15) is 14.4 Å². The van der Waals surface area contributed by atoms with Crippen molar-refractivity contribution in [2.75, 3.05) is 6.61 Å². The Morgan fingerprint density at radius 1 is 0.800 bits per heavy atom. The third-order valence-corrected chi connectivity index (χ3v) is 4.93. The molecule has 30 heavy (non-hydrogen) atoms. The van der Waals surface area contributed by atoms with Gasteiger partial charge in [0.2, 0.25) is 5.78 Å². The maximum absolute atomic E-state index is 12.9. The highest BCUT2D eigenvalue weighted by Crippen LogP contribution is 2.19. The number of aryl methyl sites for hydroxylation is 1. The van der Waals surface area contributed by atoms with Crippen LogP contribution in [0.1, 0.15) is 42.2 Å². The second kappa shape index (κ2) is 8.17. The highest BCUT2D eigenvalue weighted by molar-refractivity contribution is 6.15. The number of carbonyl (C=O) groups is 3. The lowest BCUT2D eigenvalue weighted by Gasteiger charge is -2.09. The number of carbonyl (C=O) groups excluding carboxylic acids is 3. The molecule has 0 saturated carbocycles. The summed E-state index contributed by atoms with van der Waals surface area (Å²) >= 11 is 0. The summed E-state index contributed by atoms with van der Waals surface area (Å²) in [7, 11) is 0. The van der Waals surface area contributed by atoms with Gasteiger partial charge in [-0.3, -0.25) is 9.59 Å². The van der Waals surface area contributed by atoms with Gasteiger partial charge in [-0.25, -0.2) is 4.79 Å². The van der Waals surface area contributed by atoms with Crippen molar-refractivity contribution in [3.8, 4) is 0 Å². The number of aromatic nitrogens is 1. The van der Waals surface area contributed by atoms with Gasteiger partial charge in [-0.1, -0.05) is 66.2 Å². The predicted octanol–water partition coefficient (Wildman–Crippen LogP) is 4.75. The fourth-order valence-corrected chi connectivity index (χ4v) is 3.31. The average Bonchev–Trinajstić information content (AvgIpc) is 3.21. The molecule has 5 nitrogen and oxygen atoms in total. The molecule has 0 aliphatic carbocycles. The van der Waals surface area contributed by atoms with Gasteiger partial charge in [0, 0.05) is 33.8 Å². The second-order valence-electron chi connectivity index (χ2n) is 6.99. The van der Waals surface area contributed by atoms with E-state index in [-0.39, 0.29) is 22.7 Å². The molecule has 0 atom stereocenters. The fourth-order valence-electron chi connectivity index (χ4n) is 3.31. The first kappa shape index (κ1) is 19.3. The van der Waals surface area contributed by atoms with Crippen molar-refractivity contribution in [1.29, 1.82) is 0 Å². The number of ketones is 2. The van der Waals surface area contributed by atoms with Crippen LogP contribution >= 0.6 is 0 Å². The SMILES string of the molecule is Cc1ccc(C(=O)c2ccccc2C(=O)OCC(=O)c2c[nH]c3ccccc23)cc1. The Hall–Kier alpha value is -3.99. The standard InChI is InChI=1S/C25H19NO4/c1-16-10-12-17(13-11-16)24(28)19-7-2-3-8-20(19)25(29)30-15-23(27)21-14-26-22-9-5-4-6-18(21)22/h2-14,26H,15H2,1H3. The normalized spacial score (nSPS) is 10.7. The van der Waals surface area contributed by atoms with E-state index in [1.807, 2.05) is 43.3 Å². The van der Waals surface area contributed by atoms with Gasteiger partial charge in [0.15, 0.2) is 12.4 Å². The molecule has 0 unspecified atom stereocenters. The van der Waals surface area contributed by atoms with Crippen molar-refractivity contribution in [2.24, 2.45) is 0 Å². The maximum atomic E-state index is 12.9. The number of para-hydroxylation sites is 1. The zero-order valence-corrected chi connectivity index (χ0v) is 16.3. The molecule has 0 amide bonds. The zero-order valence-electron chi connectivity index (χ0n) is 16.3. The number of hydrogen-bond donors (Lipinski definition) is 1. The average molecular weight is 397 g/mol. The molecule has 0 radical (unpaired) electrons. The largest absolute Gasteiger partial charge is 0.454 e. The van der Waals surface area contributed by atoms with Gasteiger partial charge in [0.25, 0.3) is 0 Å². The van der Waals surface area contributed by atoms with Crippen LogP contribution in [-0.4, -0.2) is 29.1 Å². The number of ether oxygens (including phenoxy) is 1. The number of H-pyrrole nitrogens is 1. The van der Waals surface area contributed by atoms with E-state index in [0.29, 0.717) is 11.1 Å². The Kier molecular flexibility index (Phi) is 5.26. The molecule has 0 saturated heterocycles. The van der Waals surface area contributed by atoms with Gasteiger partial charge in [0.1, 0.15) is 0 Å². The van der Waals surface area contributed by atoms with Crippen molar-refractivity contribution < 1.29 is 19.1 Å². The number of hydrogen-bond acceptors (Lipinski definition) is 4. The van der Waals surface area contributed by atoms with Crippen LogP contribution in [0.5, 0.6) is 0 Å². The summed E-state index contributed by atoms with van der Waals surface area (Å²) in [5.74, 6) is -1.30. The van der Waals surface area contributed by atoms with Gasteiger partial charge in [-0.2, -0.15) is 0 Å². The number of Topliss-reactive ketones (excluding diaryl/α,β-unsaturated/α-hetero) is 1. The molecule has 1 heterocycles. The summed E-state index contributed by atoms with van der Waals surface area (Å²) in [4.78, 5) is 41.1. The van der Waals surface area contributed by atoms with Crippen LogP contribution in [-0.2, 0) is 4.74 Å². The van der Waals surface area contributed by atoms with E-state index in [1.54, 1.807) is 36.5 Å². The summed E-state index contributed by atoms with van der Waals surface area (Å²) in [6.45, 7) is 1.53. The Labute approximate surface area is 173 Å². The van der Waals surface area contributed by atoms with Crippen LogP contribution in [0.4, 0.5) is 0 Å². The lowest BCUT2D eigenvalue weighted by molar-refractivity contribution is 0.0473. The number of aromatic amines is 1. The maximum Gasteiger partial charge on any atom is 0.339 e. The molecule has 4 aromatic rings. The van der Waals surface area contributed by atoms with Gasteiger partial charge in [-0.05, 0) is 19.1 Å². The van der Waals surface area contributed by atoms with E-state index in [1.165, 1.54) is 6.07 Å². The van der Waals surface area contributed by atoms with Crippen molar-refractivity contribution >= 4 is 28.4 Å². The number of nitrogens with one attached hydrogen (secondary N) is 1. The van der Waals surface area contributed by atoms with Crippen LogP contribution in [0.15, 0.2) is 79.0 Å². The van der Waals surface area contributed by atoms with Gasteiger partial charge in [-0.15, -0.1) is 0 Å². The van der Waals surface area contributed by atoms with Crippen LogP contribution in [0.25, 0.3) is 10.9 Å². The van der Waals surface area contributed by atoms with Crippen LogP contribution in [0.2, 0.25) is 0 Å². The summed E-state index contributed by atoms with van der Waals surface area (Å²) in [5, 5.41) is 0.772. The summed E-state index contributed by atoms with van der Waals surface area (Å²) in [6, 6.07) is 21.0. The quantitative estimate of drug-likeness (QED) is 0.376. The van der Waals surface area contributed by atoms with E-state index in [4.69, 9.17) is 4.74 Å². The first-order chi connectivity index (χ1) is 14.5. The molecule has 3 aromatic carbocycles. The third-order valence-electron chi connectivity index (χ3n) is 4.93. The van der Waals surface area contributed by atoms with E-state index in [2.05, 4.69) is 4.98 Å². The van der Waals surface area contributed by atoms with E-state index < -0.39 is 12.6 Å². The number of fused-ring (bicyclic) bond motifs is 1.